The molecule has 0 aliphatic carbocycles. The molecule has 110 valence electrons. The van der Waals surface area contributed by atoms with Crippen LogP contribution in [0.5, 0.6) is 11.6 Å². The van der Waals surface area contributed by atoms with Crippen molar-refractivity contribution in [3.63, 3.8) is 0 Å². The second kappa shape index (κ2) is 5.91. The summed E-state index contributed by atoms with van der Waals surface area (Å²) in [5.41, 5.74) is 7.57. The van der Waals surface area contributed by atoms with E-state index < -0.39 is 0 Å². The summed E-state index contributed by atoms with van der Waals surface area (Å²) in [6.07, 6.45) is 0.919. The summed E-state index contributed by atoms with van der Waals surface area (Å²) >= 11 is 0. The highest BCUT2D eigenvalue weighted by molar-refractivity contribution is 5.55. The number of hydrogen-bond acceptors (Lipinski definition) is 5. The van der Waals surface area contributed by atoms with E-state index in [0.717, 1.165) is 23.6 Å². The molecule has 0 saturated carbocycles. The minimum Gasteiger partial charge on any atom is -0.491 e. The summed E-state index contributed by atoms with van der Waals surface area (Å²) in [6.45, 7) is 3.25. The van der Waals surface area contributed by atoms with E-state index in [9.17, 15) is 0 Å². The second-order valence-corrected chi connectivity index (χ2v) is 4.99. The van der Waals surface area contributed by atoms with Crippen LogP contribution in [-0.2, 0) is 0 Å². The number of ether oxygens (including phenoxy) is 2. The molecule has 2 heterocycles. The molecular weight excluding hydrogens is 266 g/mol. The molecule has 0 fully saturated rings. The maximum atomic E-state index is 5.87. The van der Waals surface area contributed by atoms with E-state index in [1.165, 1.54) is 0 Å². The summed E-state index contributed by atoms with van der Waals surface area (Å²) < 4.78 is 11.2. The van der Waals surface area contributed by atoms with Crippen molar-refractivity contribution < 1.29 is 9.47 Å². The van der Waals surface area contributed by atoms with Gasteiger partial charge in [-0.1, -0.05) is 25.1 Å². The smallest absolute Gasteiger partial charge is 0.239 e. The molecule has 1 aliphatic rings. The predicted octanol–water partition coefficient (Wildman–Crippen LogP) is 3.00. The van der Waals surface area contributed by atoms with Gasteiger partial charge in [0.05, 0.1) is 18.3 Å². The van der Waals surface area contributed by atoms with Crippen LogP contribution in [0, 0.1) is 0 Å². The SMILES string of the molecule is CCCOc1nc(NC2COc3ccccc32)ccc1N. The topological polar surface area (TPSA) is 69.4 Å². The summed E-state index contributed by atoms with van der Waals surface area (Å²) in [6, 6.07) is 11.8. The van der Waals surface area contributed by atoms with Crippen LogP contribution in [-0.4, -0.2) is 18.2 Å². The molecule has 1 aliphatic heterocycles. The molecule has 1 atom stereocenters. The van der Waals surface area contributed by atoms with Gasteiger partial charge in [-0.3, -0.25) is 0 Å². The Morgan fingerprint density at radius 2 is 2.19 bits per heavy atom. The molecule has 0 saturated heterocycles. The number of hydrogen-bond donors (Lipinski definition) is 2. The number of benzene rings is 1. The molecule has 5 nitrogen and oxygen atoms in total. The maximum Gasteiger partial charge on any atom is 0.239 e. The van der Waals surface area contributed by atoms with Crippen LogP contribution in [0.4, 0.5) is 11.5 Å². The van der Waals surface area contributed by atoms with Gasteiger partial charge < -0.3 is 20.5 Å². The monoisotopic (exact) mass is 285 g/mol. The second-order valence-electron chi connectivity index (χ2n) is 4.99. The number of nitrogens with zero attached hydrogens (tertiary/aromatic N) is 1. The first kappa shape index (κ1) is 13.5. The lowest BCUT2D eigenvalue weighted by Crippen LogP contribution is -2.13. The molecule has 1 aromatic heterocycles. The first-order valence-corrected chi connectivity index (χ1v) is 7.15. The fourth-order valence-corrected chi connectivity index (χ4v) is 2.31. The Morgan fingerprint density at radius 1 is 1.33 bits per heavy atom. The van der Waals surface area contributed by atoms with Crippen LogP contribution in [0.15, 0.2) is 36.4 Å². The molecule has 1 unspecified atom stereocenters. The molecule has 5 heteroatoms. The highest BCUT2D eigenvalue weighted by Gasteiger charge is 2.23. The predicted molar refractivity (Wildman–Crippen MR) is 82.7 cm³/mol. The Bertz CT molecular complexity index is 631. The van der Waals surface area contributed by atoms with Crippen LogP contribution in [0.3, 0.4) is 0 Å². The average molecular weight is 285 g/mol. The van der Waals surface area contributed by atoms with Gasteiger partial charge in [0.15, 0.2) is 0 Å². The quantitative estimate of drug-likeness (QED) is 0.883. The van der Waals surface area contributed by atoms with Crippen LogP contribution in [0.25, 0.3) is 0 Å². The molecule has 0 bridgehead atoms. The number of rotatable bonds is 5. The molecule has 0 amide bonds. The van der Waals surface area contributed by atoms with E-state index in [1.54, 1.807) is 0 Å². The Morgan fingerprint density at radius 3 is 3.05 bits per heavy atom. The Balaban J connectivity index is 1.77. The van der Waals surface area contributed by atoms with Crippen molar-refractivity contribution in [2.75, 3.05) is 24.3 Å². The van der Waals surface area contributed by atoms with E-state index in [0.29, 0.717) is 24.8 Å². The highest BCUT2D eigenvalue weighted by Crippen LogP contribution is 2.34. The van der Waals surface area contributed by atoms with Gasteiger partial charge in [-0.05, 0) is 24.6 Å². The van der Waals surface area contributed by atoms with Crippen molar-refractivity contribution in [2.24, 2.45) is 0 Å². The minimum atomic E-state index is 0.0938. The van der Waals surface area contributed by atoms with Crippen molar-refractivity contribution in [1.29, 1.82) is 0 Å². The molecule has 2 aromatic rings. The molecule has 0 spiro atoms. The molecule has 3 rings (SSSR count). The van der Waals surface area contributed by atoms with Gasteiger partial charge in [0, 0.05) is 5.56 Å². The summed E-state index contributed by atoms with van der Waals surface area (Å²) in [5, 5.41) is 3.37. The van der Waals surface area contributed by atoms with Crippen LogP contribution in [0.2, 0.25) is 0 Å². The average Bonchev–Trinajstić information content (AvgIpc) is 2.91. The number of para-hydroxylation sites is 1. The van der Waals surface area contributed by atoms with E-state index in [2.05, 4.69) is 16.4 Å². The molecule has 21 heavy (non-hydrogen) atoms. The lowest BCUT2D eigenvalue weighted by atomic mass is 10.1. The fourth-order valence-electron chi connectivity index (χ4n) is 2.31. The largest absolute Gasteiger partial charge is 0.491 e. The third-order valence-corrected chi connectivity index (χ3v) is 3.35. The van der Waals surface area contributed by atoms with Gasteiger partial charge in [-0.2, -0.15) is 4.98 Å². The van der Waals surface area contributed by atoms with Crippen molar-refractivity contribution in [3.8, 4) is 11.6 Å². The summed E-state index contributed by atoms with van der Waals surface area (Å²) in [5.74, 6) is 2.14. The number of pyridine rings is 1. The van der Waals surface area contributed by atoms with E-state index in [-0.39, 0.29) is 6.04 Å². The van der Waals surface area contributed by atoms with Gasteiger partial charge in [0.2, 0.25) is 5.88 Å². The summed E-state index contributed by atoms with van der Waals surface area (Å²) in [4.78, 5) is 4.43. The Kier molecular flexibility index (Phi) is 3.81. The third-order valence-electron chi connectivity index (χ3n) is 3.35. The van der Waals surface area contributed by atoms with E-state index in [1.807, 2.05) is 37.3 Å². The zero-order valence-electron chi connectivity index (χ0n) is 12.0. The number of nitrogen functional groups attached to an aromatic ring is 1. The summed E-state index contributed by atoms with van der Waals surface area (Å²) in [7, 11) is 0. The standard InChI is InChI=1S/C16H19N3O2/c1-2-9-20-16-12(17)7-8-15(19-16)18-13-10-21-14-6-4-3-5-11(13)14/h3-8,13H,2,9-10,17H2,1H3,(H,18,19). The molecule has 0 radical (unpaired) electrons. The third kappa shape index (κ3) is 2.86. The lowest BCUT2D eigenvalue weighted by molar-refractivity contribution is 0.307. The van der Waals surface area contributed by atoms with Gasteiger partial charge in [0.1, 0.15) is 18.2 Å². The molecule has 1 aromatic carbocycles. The van der Waals surface area contributed by atoms with Gasteiger partial charge in [-0.15, -0.1) is 0 Å². The molecular formula is C16H19N3O2. The lowest BCUT2D eigenvalue weighted by Gasteiger charge is -2.14. The van der Waals surface area contributed by atoms with E-state index in [4.69, 9.17) is 15.2 Å². The van der Waals surface area contributed by atoms with Crippen molar-refractivity contribution >= 4 is 11.5 Å². The maximum absolute atomic E-state index is 5.87. The fraction of sp³-hybridized carbons (Fsp3) is 0.312. The molecule has 3 N–H and O–H groups in total. The Hall–Kier alpha value is -2.43. The van der Waals surface area contributed by atoms with Crippen molar-refractivity contribution in [2.45, 2.75) is 19.4 Å². The zero-order valence-corrected chi connectivity index (χ0v) is 12.0. The number of anilines is 2. The number of nitrogens with two attached hydrogens (primary N) is 1. The van der Waals surface area contributed by atoms with Crippen LogP contribution < -0.4 is 20.5 Å². The van der Waals surface area contributed by atoms with E-state index >= 15 is 0 Å². The van der Waals surface area contributed by atoms with Gasteiger partial charge >= 0.3 is 0 Å². The van der Waals surface area contributed by atoms with Gasteiger partial charge in [0.25, 0.3) is 0 Å². The zero-order chi connectivity index (χ0) is 14.7. The Labute approximate surface area is 124 Å². The van der Waals surface area contributed by atoms with Crippen LogP contribution >= 0.6 is 0 Å². The first-order chi connectivity index (χ1) is 10.3. The van der Waals surface area contributed by atoms with Crippen LogP contribution in [0.1, 0.15) is 24.9 Å². The van der Waals surface area contributed by atoms with Crippen molar-refractivity contribution in [3.05, 3.63) is 42.0 Å². The normalized spacial score (nSPS) is 16.1. The first-order valence-electron chi connectivity index (χ1n) is 7.15. The number of fused-ring (bicyclic) bond motifs is 1. The van der Waals surface area contributed by atoms with Crippen molar-refractivity contribution in [1.82, 2.24) is 4.98 Å². The minimum absolute atomic E-state index is 0.0938. The number of nitrogens with one attached hydrogen (secondary N) is 1. The van der Waals surface area contributed by atoms with Gasteiger partial charge in [-0.25, -0.2) is 0 Å². The number of aromatic nitrogens is 1. The highest BCUT2D eigenvalue weighted by atomic mass is 16.5.